The zero-order valence-electron chi connectivity index (χ0n) is 13.3. The van der Waals surface area contributed by atoms with Crippen LogP contribution in [0.2, 0.25) is 0 Å². The van der Waals surface area contributed by atoms with Crippen LogP contribution in [0.5, 0.6) is 0 Å². The second kappa shape index (κ2) is 8.03. The molecule has 0 aromatic heterocycles. The average molecular weight is 362 g/mol. The molecule has 0 spiro atoms. The number of likely N-dealkylation sites (N-methyl/N-ethyl adjacent to an activating group) is 1. The van der Waals surface area contributed by atoms with Crippen LogP contribution in [0.25, 0.3) is 6.08 Å². The summed E-state index contributed by atoms with van der Waals surface area (Å²) >= 11 is 1.47. The van der Waals surface area contributed by atoms with E-state index in [-0.39, 0.29) is 10.8 Å². The smallest absolute Gasteiger partial charge is 0.261 e. The molecule has 1 amide bonds. The molecular formula is C17H18N2O3S2. The minimum absolute atomic E-state index is 0.162. The Morgan fingerprint density at radius 2 is 1.75 bits per heavy atom. The average Bonchev–Trinajstić information content (AvgIpc) is 2.60. The normalized spacial score (nSPS) is 11.4. The zero-order valence-corrected chi connectivity index (χ0v) is 14.9. The van der Waals surface area contributed by atoms with Gasteiger partial charge in [-0.15, -0.1) is 11.8 Å². The Morgan fingerprint density at radius 3 is 2.38 bits per heavy atom. The molecule has 24 heavy (non-hydrogen) atoms. The Bertz CT molecular complexity index is 844. The summed E-state index contributed by atoms with van der Waals surface area (Å²) < 4.78 is 27.6. The number of hydrogen-bond donors (Lipinski definition) is 2. The van der Waals surface area contributed by atoms with Gasteiger partial charge in [-0.1, -0.05) is 24.3 Å². The molecule has 0 aliphatic heterocycles. The van der Waals surface area contributed by atoms with Gasteiger partial charge in [0, 0.05) is 18.0 Å². The highest BCUT2D eigenvalue weighted by Crippen LogP contribution is 2.27. The van der Waals surface area contributed by atoms with Crippen LogP contribution >= 0.6 is 11.8 Å². The first kappa shape index (κ1) is 18.1. The van der Waals surface area contributed by atoms with Gasteiger partial charge in [0.2, 0.25) is 5.91 Å². The first-order valence-electron chi connectivity index (χ1n) is 7.12. The fourth-order valence-corrected chi connectivity index (χ4v) is 3.64. The van der Waals surface area contributed by atoms with E-state index >= 15 is 0 Å². The Balaban J connectivity index is 2.21. The lowest BCUT2D eigenvalue weighted by Crippen LogP contribution is -2.14. The van der Waals surface area contributed by atoms with Crippen LogP contribution in [0, 0.1) is 0 Å². The molecule has 0 radical (unpaired) electrons. The summed E-state index contributed by atoms with van der Waals surface area (Å²) in [5, 5.41) is 2.48. The van der Waals surface area contributed by atoms with Crippen LogP contribution in [0.4, 0.5) is 5.69 Å². The van der Waals surface area contributed by atoms with Crippen molar-refractivity contribution in [3.63, 3.8) is 0 Å². The van der Waals surface area contributed by atoms with E-state index in [2.05, 4.69) is 10.0 Å². The molecule has 0 atom stereocenters. The molecule has 0 saturated heterocycles. The third-order valence-electron chi connectivity index (χ3n) is 3.22. The van der Waals surface area contributed by atoms with E-state index < -0.39 is 10.0 Å². The Kier molecular flexibility index (Phi) is 6.05. The lowest BCUT2D eigenvalue weighted by Gasteiger charge is -2.11. The van der Waals surface area contributed by atoms with E-state index in [1.54, 1.807) is 37.4 Å². The molecule has 5 nitrogen and oxygen atoms in total. The van der Waals surface area contributed by atoms with Crippen LogP contribution in [0.1, 0.15) is 5.56 Å². The summed E-state index contributed by atoms with van der Waals surface area (Å²) in [7, 11) is -2.12. The molecule has 2 aromatic rings. The van der Waals surface area contributed by atoms with Gasteiger partial charge in [0.25, 0.3) is 10.0 Å². The minimum atomic E-state index is -3.67. The van der Waals surface area contributed by atoms with Crippen molar-refractivity contribution in [3.05, 3.63) is 60.2 Å². The molecule has 0 heterocycles. The second-order valence-corrected chi connectivity index (χ2v) is 7.35. The largest absolute Gasteiger partial charge is 0.356 e. The maximum atomic E-state index is 12.5. The van der Waals surface area contributed by atoms with Crippen molar-refractivity contribution in [2.45, 2.75) is 9.79 Å². The molecule has 0 unspecified atom stereocenters. The Labute approximate surface area is 146 Å². The highest BCUT2D eigenvalue weighted by molar-refractivity contribution is 7.99. The Hall–Kier alpha value is -2.25. The van der Waals surface area contributed by atoms with Crippen molar-refractivity contribution in [1.82, 2.24) is 5.32 Å². The molecule has 126 valence electrons. The van der Waals surface area contributed by atoms with Gasteiger partial charge in [-0.2, -0.15) is 0 Å². The summed E-state index contributed by atoms with van der Waals surface area (Å²) in [6.07, 6.45) is 4.89. The molecular weight excluding hydrogens is 344 g/mol. The van der Waals surface area contributed by atoms with Crippen LogP contribution in [0.3, 0.4) is 0 Å². The first-order chi connectivity index (χ1) is 11.5. The van der Waals surface area contributed by atoms with Gasteiger partial charge < -0.3 is 5.32 Å². The minimum Gasteiger partial charge on any atom is -0.356 e. The molecule has 0 fully saturated rings. The molecule has 2 aromatic carbocycles. The topological polar surface area (TPSA) is 75.3 Å². The summed E-state index contributed by atoms with van der Waals surface area (Å²) in [5.41, 5.74) is 1.29. The lowest BCUT2D eigenvalue weighted by atomic mass is 10.2. The highest BCUT2D eigenvalue weighted by Gasteiger charge is 2.15. The van der Waals surface area contributed by atoms with Crippen molar-refractivity contribution >= 4 is 39.5 Å². The standard InChI is InChI=1S/C17H18N2O3S2/c1-18-17(20)12-9-13-7-10-14(11-8-13)24(21,22)19-15-5-3-4-6-16(15)23-2/h3-12,19H,1-2H3,(H,18,20)/b12-9+. The fraction of sp³-hybridized carbons (Fsp3) is 0.118. The fourth-order valence-electron chi connectivity index (χ4n) is 1.95. The monoisotopic (exact) mass is 362 g/mol. The van der Waals surface area contributed by atoms with Crippen molar-refractivity contribution < 1.29 is 13.2 Å². The summed E-state index contributed by atoms with van der Waals surface area (Å²) in [6.45, 7) is 0. The van der Waals surface area contributed by atoms with E-state index in [4.69, 9.17) is 0 Å². The third-order valence-corrected chi connectivity index (χ3v) is 5.39. The molecule has 0 aliphatic rings. The predicted octanol–water partition coefficient (Wildman–Crippen LogP) is 2.97. The third kappa shape index (κ3) is 4.62. The maximum Gasteiger partial charge on any atom is 0.261 e. The molecule has 0 bridgehead atoms. The van der Waals surface area contributed by atoms with E-state index in [9.17, 15) is 13.2 Å². The van der Waals surface area contributed by atoms with Crippen molar-refractivity contribution in [1.29, 1.82) is 0 Å². The molecule has 2 rings (SSSR count). The van der Waals surface area contributed by atoms with Gasteiger partial charge in [0.1, 0.15) is 0 Å². The van der Waals surface area contributed by atoms with Gasteiger partial charge in [0.05, 0.1) is 10.6 Å². The van der Waals surface area contributed by atoms with Gasteiger partial charge in [-0.3, -0.25) is 9.52 Å². The van der Waals surface area contributed by atoms with Gasteiger partial charge in [-0.25, -0.2) is 8.42 Å². The number of carbonyl (C=O) groups excluding carboxylic acids is 1. The number of benzene rings is 2. The van der Waals surface area contributed by atoms with E-state index in [0.717, 1.165) is 10.5 Å². The SMILES string of the molecule is CNC(=O)/C=C/c1ccc(S(=O)(=O)Nc2ccccc2SC)cc1. The maximum absolute atomic E-state index is 12.5. The number of para-hydroxylation sites is 1. The molecule has 0 aliphatic carbocycles. The first-order valence-corrected chi connectivity index (χ1v) is 9.83. The summed E-state index contributed by atoms with van der Waals surface area (Å²) in [6, 6.07) is 13.5. The number of carbonyl (C=O) groups is 1. The van der Waals surface area contributed by atoms with E-state index in [1.165, 1.54) is 30.0 Å². The van der Waals surface area contributed by atoms with Crippen molar-refractivity contribution in [3.8, 4) is 0 Å². The number of thioether (sulfide) groups is 1. The number of rotatable bonds is 6. The van der Waals surface area contributed by atoms with Crippen LogP contribution < -0.4 is 10.0 Å². The predicted molar refractivity (Wildman–Crippen MR) is 98.6 cm³/mol. The van der Waals surface area contributed by atoms with Gasteiger partial charge in [-0.05, 0) is 42.2 Å². The van der Waals surface area contributed by atoms with Gasteiger partial charge >= 0.3 is 0 Å². The Morgan fingerprint density at radius 1 is 1.08 bits per heavy atom. The number of hydrogen-bond acceptors (Lipinski definition) is 4. The zero-order chi connectivity index (χ0) is 17.6. The summed E-state index contributed by atoms with van der Waals surface area (Å²) in [5.74, 6) is -0.220. The highest BCUT2D eigenvalue weighted by atomic mass is 32.2. The van der Waals surface area contributed by atoms with E-state index in [0.29, 0.717) is 5.69 Å². The second-order valence-electron chi connectivity index (χ2n) is 4.82. The molecule has 2 N–H and O–H groups in total. The van der Waals surface area contributed by atoms with E-state index in [1.807, 2.05) is 18.4 Å². The van der Waals surface area contributed by atoms with Gasteiger partial charge in [0.15, 0.2) is 0 Å². The number of amides is 1. The van der Waals surface area contributed by atoms with Crippen LogP contribution in [0.15, 0.2) is 64.4 Å². The molecule has 0 saturated carbocycles. The van der Waals surface area contributed by atoms with Crippen LogP contribution in [-0.4, -0.2) is 27.6 Å². The number of nitrogens with one attached hydrogen (secondary N) is 2. The number of anilines is 1. The quantitative estimate of drug-likeness (QED) is 0.612. The summed E-state index contributed by atoms with van der Waals surface area (Å²) in [4.78, 5) is 12.2. The number of sulfonamides is 1. The van der Waals surface area contributed by atoms with Crippen molar-refractivity contribution in [2.75, 3.05) is 18.0 Å². The van der Waals surface area contributed by atoms with Crippen LogP contribution in [-0.2, 0) is 14.8 Å². The molecule has 7 heteroatoms. The van der Waals surface area contributed by atoms with Crippen molar-refractivity contribution in [2.24, 2.45) is 0 Å². The lowest BCUT2D eigenvalue weighted by molar-refractivity contribution is -0.115.